The van der Waals surface area contributed by atoms with Crippen LogP contribution in [-0.2, 0) is 4.74 Å². The van der Waals surface area contributed by atoms with Gasteiger partial charge >= 0.3 is 5.97 Å². The van der Waals surface area contributed by atoms with E-state index in [9.17, 15) is 4.79 Å². The van der Waals surface area contributed by atoms with Crippen molar-refractivity contribution in [2.75, 3.05) is 7.11 Å². The number of hydrogen-bond donors (Lipinski definition) is 0. The summed E-state index contributed by atoms with van der Waals surface area (Å²) in [6, 6.07) is 7.68. The largest absolute Gasteiger partial charge is 0.465 e. The molecule has 0 amide bonds. The van der Waals surface area contributed by atoms with E-state index in [-0.39, 0.29) is 5.97 Å². The van der Waals surface area contributed by atoms with E-state index < -0.39 is 0 Å². The van der Waals surface area contributed by atoms with E-state index in [1.807, 2.05) is 18.2 Å². The number of methoxy groups -OCH3 is 1. The first-order valence-corrected chi connectivity index (χ1v) is 5.42. The van der Waals surface area contributed by atoms with Crippen molar-refractivity contribution in [2.45, 2.75) is 0 Å². The lowest BCUT2D eigenvalue weighted by Crippen LogP contribution is -2.01. The number of esters is 1. The molecule has 0 saturated heterocycles. The van der Waals surface area contributed by atoms with Crippen LogP contribution in [0.15, 0.2) is 30.5 Å². The minimum atomic E-state index is -0.358. The molecule has 1 heterocycles. The predicted molar refractivity (Wildman–Crippen MR) is 65.8 cm³/mol. The molecule has 0 aliphatic carbocycles. The Morgan fingerprint density at radius 1 is 1.40 bits per heavy atom. The van der Waals surface area contributed by atoms with Crippen molar-refractivity contribution < 1.29 is 9.53 Å². The summed E-state index contributed by atoms with van der Waals surface area (Å²) in [6.45, 7) is 0. The molecule has 0 aliphatic heterocycles. The molecule has 0 N–H and O–H groups in total. The van der Waals surface area contributed by atoms with Crippen molar-refractivity contribution in [1.29, 1.82) is 0 Å². The van der Waals surface area contributed by atoms with Gasteiger partial charge in [0.2, 0.25) is 0 Å². The SMILES string of the molecule is COC(=O)c1cnc2ccc(I)cc2c1. The fourth-order valence-electron chi connectivity index (χ4n) is 1.33. The predicted octanol–water partition coefficient (Wildman–Crippen LogP) is 2.63. The normalized spacial score (nSPS) is 10.3. The van der Waals surface area contributed by atoms with E-state index in [2.05, 4.69) is 32.3 Å². The molecule has 4 heteroatoms. The number of aromatic nitrogens is 1. The van der Waals surface area contributed by atoms with Crippen molar-refractivity contribution in [3.63, 3.8) is 0 Å². The number of fused-ring (bicyclic) bond motifs is 1. The molecule has 0 spiro atoms. The van der Waals surface area contributed by atoms with Crippen LogP contribution < -0.4 is 0 Å². The summed E-state index contributed by atoms with van der Waals surface area (Å²) in [7, 11) is 1.36. The van der Waals surface area contributed by atoms with Gasteiger partial charge in [-0.1, -0.05) is 0 Å². The summed E-state index contributed by atoms with van der Waals surface area (Å²) in [5.41, 5.74) is 1.36. The van der Waals surface area contributed by atoms with E-state index in [0.717, 1.165) is 14.5 Å². The zero-order valence-electron chi connectivity index (χ0n) is 8.03. The number of ether oxygens (including phenoxy) is 1. The number of halogens is 1. The van der Waals surface area contributed by atoms with E-state index >= 15 is 0 Å². The van der Waals surface area contributed by atoms with Crippen molar-refractivity contribution in [3.05, 3.63) is 39.6 Å². The number of carbonyl (C=O) groups excluding carboxylic acids is 1. The van der Waals surface area contributed by atoms with Crippen molar-refractivity contribution >= 4 is 39.5 Å². The van der Waals surface area contributed by atoms with Gasteiger partial charge < -0.3 is 4.74 Å². The lowest BCUT2D eigenvalue weighted by atomic mass is 10.2. The number of nitrogens with zero attached hydrogens (tertiary/aromatic N) is 1. The lowest BCUT2D eigenvalue weighted by Gasteiger charge is -2.01. The lowest BCUT2D eigenvalue weighted by molar-refractivity contribution is 0.0600. The number of carbonyl (C=O) groups is 1. The van der Waals surface area contributed by atoms with Gasteiger partial charge in [-0.05, 0) is 46.9 Å². The molecular weight excluding hydrogens is 305 g/mol. The maximum atomic E-state index is 11.3. The second-order valence-corrected chi connectivity index (χ2v) is 4.30. The minimum absolute atomic E-state index is 0.358. The first-order chi connectivity index (χ1) is 7.20. The molecule has 1 aromatic heterocycles. The Balaban J connectivity index is 2.59. The maximum absolute atomic E-state index is 11.3. The third-order valence-corrected chi connectivity index (χ3v) is 2.74. The monoisotopic (exact) mass is 313 g/mol. The summed E-state index contributed by atoms with van der Waals surface area (Å²) in [4.78, 5) is 15.5. The molecule has 2 aromatic rings. The molecule has 0 aliphatic rings. The Hall–Kier alpha value is -1.17. The highest BCUT2D eigenvalue weighted by molar-refractivity contribution is 14.1. The van der Waals surface area contributed by atoms with Gasteiger partial charge in [0, 0.05) is 15.2 Å². The quantitative estimate of drug-likeness (QED) is 0.600. The number of benzene rings is 1. The van der Waals surface area contributed by atoms with Gasteiger partial charge in [-0.3, -0.25) is 4.98 Å². The second kappa shape index (κ2) is 4.14. The van der Waals surface area contributed by atoms with Crippen LogP contribution in [0.1, 0.15) is 10.4 Å². The molecule has 0 atom stereocenters. The maximum Gasteiger partial charge on any atom is 0.339 e. The van der Waals surface area contributed by atoms with Gasteiger partial charge in [0.25, 0.3) is 0 Å². The third-order valence-electron chi connectivity index (χ3n) is 2.06. The van der Waals surface area contributed by atoms with Crippen LogP contribution in [0, 0.1) is 3.57 Å². The molecule has 0 unspecified atom stereocenters. The van der Waals surface area contributed by atoms with E-state index in [0.29, 0.717) is 5.56 Å². The molecule has 15 heavy (non-hydrogen) atoms. The Morgan fingerprint density at radius 3 is 2.93 bits per heavy atom. The first kappa shape index (κ1) is 10.4. The molecule has 0 radical (unpaired) electrons. The van der Waals surface area contributed by atoms with Crippen LogP contribution in [0.25, 0.3) is 10.9 Å². The van der Waals surface area contributed by atoms with Crippen molar-refractivity contribution in [2.24, 2.45) is 0 Å². The number of rotatable bonds is 1. The summed E-state index contributed by atoms with van der Waals surface area (Å²) >= 11 is 2.22. The molecule has 0 saturated carbocycles. The highest BCUT2D eigenvalue weighted by Crippen LogP contribution is 2.17. The smallest absolute Gasteiger partial charge is 0.339 e. The van der Waals surface area contributed by atoms with Crippen molar-refractivity contribution in [3.8, 4) is 0 Å². The Morgan fingerprint density at radius 2 is 2.20 bits per heavy atom. The zero-order valence-corrected chi connectivity index (χ0v) is 10.2. The van der Waals surface area contributed by atoms with E-state index in [4.69, 9.17) is 0 Å². The molecule has 1 aromatic carbocycles. The van der Waals surface area contributed by atoms with Crippen LogP contribution in [0.2, 0.25) is 0 Å². The van der Waals surface area contributed by atoms with Gasteiger partial charge in [-0.25, -0.2) is 4.79 Å². The van der Waals surface area contributed by atoms with E-state index in [1.165, 1.54) is 13.3 Å². The van der Waals surface area contributed by atoms with Gasteiger partial charge in [-0.2, -0.15) is 0 Å². The molecule has 0 bridgehead atoms. The zero-order chi connectivity index (χ0) is 10.8. The van der Waals surface area contributed by atoms with Crippen LogP contribution >= 0.6 is 22.6 Å². The van der Waals surface area contributed by atoms with Crippen LogP contribution in [0.3, 0.4) is 0 Å². The summed E-state index contributed by atoms with van der Waals surface area (Å²) in [5.74, 6) is -0.358. The Kier molecular flexibility index (Phi) is 2.86. The van der Waals surface area contributed by atoms with Gasteiger partial charge in [0.1, 0.15) is 0 Å². The van der Waals surface area contributed by atoms with Crippen LogP contribution in [0.4, 0.5) is 0 Å². The first-order valence-electron chi connectivity index (χ1n) is 4.34. The topological polar surface area (TPSA) is 39.2 Å². The van der Waals surface area contributed by atoms with Gasteiger partial charge in [-0.15, -0.1) is 0 Å². The summed E-state index contributed by atoms with van der Waals surface area (Å²) in [6.07, 6.45) is 1.53. The Labute approximate surface area is 101 Å². The standard InChI is InChI=1S/C11H8INO2/c1-15-11(14)8-4-7-5-9(12)2-3-10(7)13-6-8/h2-6H,1H3. The van der Waals surface area contributed by atoms with Crippen LogP contribution in [0.5, 0.6) is 0 Å². The second-order valence-electron chi connectivity index (χ2n) is 3.05. The average Bonchev–Trinajstić information content (AvgIpc) is 2.27. The summed E-state index contributed by atoms with van der Waals surface area (Å²) < 4.78 is 5.75. The molecule has 3 nitrogen and oxygen atoms in total. The molecule has 2 rings (SSSR count). The van der Waals surface area contributed by atoms with Crippen molar-refractivity contribution in [1.82, 2.24) is 4.98 Å². The minimum Gasteiger partial charge on any atom is -0.465 e. The fourth-order valence-corrected chi connectivity index (χ4v) is 1.85. The van der Waals surface area contributed by atoms with Crippen LogP contribution in [-0.4, -0.2) is 18.1 Å². The van der Waals surface area contributed by atoms with E-state index in [1.54, 1.807) is 6.07 Å². The summed E-state index contributed by atoms with van der Waals surface area (Å²) in [5, 5.41) is 0.949. The number of hydrogen-bond acceptors (Lipinski definition) is 3. The molecule has 76 valence electrons. The number of pyridine rings is 1. The molecular formula is C11H8INO2. The average molecular weight is 313 g/mol. The highest BCUT2D eigenvalue weighted by Gasteiger charge is 2.06. The fraction of sp³-hybridized carbons (Fsp3) is 0.0909. The Bertz CT molecular complexity index is 525. The highest BCUT2D eigenvalue weighted by atomic mass is 127. The van der Waals surface area contributed by atoms with Gasteiger partial charge in [0.15, 0.2) is 0 Å². The third kappa shape index (κ3) is 2.09. The molecule has 0 fully saturated rings. The van der Waals surface area contributed by atoms with Gasteiger partial charge in [0.05, 0.1) is 18.2 Å².